The predicted molar refractivity (Wildman–Crippen MR) is 12.3 cm³/mol. The first-order valence-electron chi connectivity index (χ1n) is 0.548. The van der Waals surface area contributed by atoms with Crippen molar-refractivity contribution >= 4 is 0 Å². The molecule has 0 aromatic heterocycles. The molecule has 0 saturated carbocycles. The zero-order chi connectivity index (χ0) is 3.58. The van der Waals surface area contributed by atoms with Gasteiger partial charge < -0.3 is 20.8 Å². The van der Waals surface area contributed by atoms with Crippen molar-refractivity contribution in [1.29, 1.82) is 0 Å². The van der Waals surface area contributed by atoms with Gasteiger partial charge in [-0.25, -0.2) is 0 Å². The van der Waals surface area contributed by atoms with Crippen molar-refractivity contribution in [2.24, 2.45) is 0 Å². The zero-order valence-corrected chi connectivity index (χ0v) is 9.24. The second-order valence-corrected chi connectivity index (χ2v) is 0.224. The molecule has 0 aromatic carbocycles. The summed E-state index contributed by atoms with van der Waals surface area (Å²) in [7, 11) is 0. The molecule has 0 spiro atoms. The zero-order valence-electron chi connectivity index (χ0n) is 4.12. The summed E-state index contributed by atoms with van der Waals surface area (Å²) in [5, 5.41) is 14.8. The Balaban J connectivity index is -0.0000000150. The van der Waals surface area contributed by atoms with Gasteiger partial charge in [0.05, 0.1) is 5.09 Å². The minimum atomic E-state index is -1.75. The predicted octanol–water partition coefficient (Wildman–Crippen LogP) is -6.41. The molecule has 32 valence electrons. The van der Waals surface area contributed by atoms with E-state index >= 15 is 0 Å². The largest absolute Gasteiger partial charge is 1.00 e. The third kappa shape index (κ3) is 81.2. The Labute approximate surface area is 105 Å². The van der Waals surface area contributed by atoms with Crippen LogP contribution in [0.25, 0.3) is 0 Å². The fraction of sp³-hybridized carbons (Fsp3) is 0. The van der Waals surface area contributed by atoms with Gasteiger partial charge in [0.1, 0.15) is 0 Å². The average Bonchev–Trinajstić information content (AvgIpc) is 0.811. The molecule has 1 N–H and O–H groups in total. The second kappa shape index (κ2) is 15.7. The van der Waals surface area contributed by atoms with E-state index in [2.05, 4.69) is 0 Å². The molecule has 0 aliphatic rings. The Morgan fingerprint density at radius 3 is 1.29 bits per heavy atom. The number of hydrogen-bond donors (Lipinski definition) is 0. The first kappa shape index (κ1) is 23.2. The van der Waals surface area contributed by atoms with Crippen LogP contribution in [0.1, 0.15) is 0 Å². The van der Waals surface area contributed by atoms with Crippen molar-refractivity contribution in [1.82, 2.24) is 0 Å². The van der Waals surface area contributed by atoms with Gasteiger partial charge in [-0.15, -0.1) is 0 Å². The topological polar surface area (TPSA) is 96.2 Å². The molecule has 0 amide bonds. The fourth-order valence-electron chi connectivity index (χ4n) is 0. The van der Waals surface area contributed by atoms with Gasteiger partial charge in [-0.05, 0) is 0 Å². The van der Waals surface area contributed by atoms with Gasteiger partial charge in [-0.3, -0.25) is 0 Å². The van der Waals surface area contributed by atoms with Crippen LogP contribution < -0.4 is 80.9 Å². The smallest absolute Gasteiger partial charge is 0.870 e. The molecule has 0 aliphatic carbocycles. The first-order valence-corrected chi connectivity index (χ1v) is 0.548. The van der Waals surface area contributed by atoms with E-state index in [9.17, 15) is 0 Å². The Kier molecular flexibility index (Phi) is 52.0. The van der Waals surface area contributed by atoms with E-state index in [1.807, 2.05) is 0 Å². The van der Waals surface area contributed by atoms with Crippen molar-refractivity contribution < 1.29 is 91.5 Å². The molecule has 0 atom stereocenters. The van der Waals surface area contributed by atoms with Gasteiger partial charge in [-0.2, -0.15) is 0 Å². The van der Waals surface area contributed by atoms with Crippen LogP contribution >= 0.6 is 0 Å². The van der Waals surface area contributed by atoms with Gasteiger partial charge in [0.25, 0.3) is 0 Å². The monoisotopic (exact) mass is 141 g/mol. The molecule has 0 heterocycles. The van der Waals surface area contributed by atoms with Crippen LogP contribution in [-0.4, -0.2) is 10.6 Å². The third-order valence-corrected chi connectivity index (χ3v) is 0. The molecule has 5 nitrogen and oxygen atoms in total. The molecule has 0 fully saturated rings. The van der Waals surface area contributed by atoms with E-state index in [0.717, 1.165) is 0 Å². The van der Waals surface area contributed by atoms with Gasteiger partial charge in [-0.1, -0.05) is 0 Å². The summed E-state index contributed by atoms with van der Waals surface area (Å²) in [6.07, 6.45) is 0. The number of hydrogen-bond acceptors (Lipinski definition) is 4. The van der Waals surface area contributed by atoms with Crippen molar-refractivity contribution in [2.45, 2.75) is 0 Å². The van der Waals surface area contributed by atoms with Crippen LogP contribution in [0.15, 0.2) is 0 Å². The van der Waals surface area contributed by atoms with Gasteiger partial charge in [0.15, 0.2) is 0 Å². The molecular formula is HKNNaO4. The van der Waals surface area contributed by atoms with E-state index in [1.54, 1.807) is 0 Å². The van der Waals surface area contributed by atoms with Gasteiger partial charge in [0.2, 0.25) is 0 Å². The Bertz CT molecular complexity index is 34.7. The van der Waals surface area contributed by atoms with Gasteiger partial charge in [0, 0.05) is 0 Å². The molecule has 0 saturated heterocycles. The molecule has 0 bridgehead atoms. The van der Waals surface area contributed by atoms with Crippen molar-refractivity contribution in [3.05, 3.63) is 15.3 Å². The maximum Gasteiger partial charge on any atom is 1.00 e. The van der Waals surface area contributed by atoms with Gasteiger partial charge >= 0.3 is 80.9 Å². The third-order valence-electron chi connectivity index (χ3n) is 0. The Hall–Kier alpha value is 1.80. The Morgan fingerprint density at radius 2 is 1.29 bits per heavy atom. The summed E-state index contributed by atoms with van der Waals surface area (Å²) in [6.45, 7) is 0. The SMILES string of the molecule is O=[N+]([O-])[O-].[K+].[Na+].[OH-]. The van der Waals surface area contributed by atoms with Crippen molar-refractivity contribution in [2.75, 3.05) is 0 Å². The molecule has 0 rings (SSSR count). The summed E-state index contributed by atoms with van der Waals surface area (Å²) >= 11 is 0. The fourth-order valence-corrected chi connectivity index (χ4v) is 0. The summed E-state index contributed by atoms with van der Waals surface area (Å²) in [5.74, 6) is 0. The molecular weight excluding hydrogens is 140 g/mol. The summed E-state index contributed by atoms with van der Waals surface area (Å²) < 4.78 is 0. The standard InChI is InChI=1S/K.NO3.Na.H2O/c;2-1(3)4;;/h;;;1H2/q+1;-1;+1;/p-1. The normalized spacial score (nSPS) is 3.43. The number of rotatable bonds is 0. The summed E-state index contributed by atoms with van der Waals surface area (Å²) in [6, 6.07) is 0. The maximum atomic E-state index is 8.25. The average molecular weight is 141 g/mol. The second-order valence-electron chi connectivity index (χ2n) is 0.224. The molecule has 7 heavy (non-hydrogen) atoms. The van der Waals surface area contributed by atoms with Crippen LogP contribution in [0, 0.1) is 15.3 Å². The Morgan fingerprint density at radius 1 is 1.29 bits per heavy atom. The van der Waals surface area contributed by atoms with Crippen molar-refractivity contribution in [3.63, 3.8) is 0 Å². The van der Waals surface area contributed by atoms with Crippen LogP contribution in [0.3, 0.4) is 0 Å². The van der Waals surface area contributed by atoms with E-state index in [4.69, 9.17) is 15.3 Å². The van der Waals surface area contributed by atoms with E-state index in [0.29, 0.717) is 0 Å². The van der Waals surface area contributed by atoms with Crippen LogP contribution in [0.2, 0.25) is 0 Å². The minimum Gasteiger partial charge on any atom is -0.870 e. The summed E-state index contributed by atoms with van der Waals surface area (Å²) in [4.78, 5) is 8.25. The van der Waals surface area contributed by atoms with Crippen LogP contribution in [-0.2, 0) is 0 Å². The molecule has 0 aromatic rings. The van der Waals surface area contributed by atoms with Crippen LogP contribution in [0.5, 0.6) is 0 Å². The van der Waals surface area contributed by atoms with E-state index in [-0.39, 0.29) is 86.4 Å². The molecule has 7 heteroatoms. The van der Waals surface area contributed by atoms with Crippen molar-refractivity contribution in [3.8, 4) is 0 Å². The van der Waals surface area contributed by atoms with E-state index < -0.39 is 5.09 Å². The number of nitrogens with zero attached hydrogens (tertiary/aromatic N) is 1. The molecule has 0 aliphatic heterocycles. The minimum absolute atomic E-state index is 0. The van der Waals surface area contributed by atoms with E-state index in [1.165, 1.54) is 0 Å². The maximum absolute atomic E-state index is 8.25. The van der Waals surface area contributed by atoms with Crippen LogP contribution in [0.4, 0.5) is 0 Å². The quantitative estimate of drug-likeness (QED) is 0.190. The molecule has 0 radical (unpaired) electrons. The summed E-state index contributed by atoms with van der Waals surface area (Å²) in [5.41, 5.74) is 0. The molecule has 0 unspecified atom stereocenters. The first-order chi connectivity index (χ1) is 1.73.